The molecule has 1 saturated heterocycles. The van der Waals surface area contributed by atoms with E-state index in [9.17, 15) is 66.7 Å². The molecule has 0 spiro atoms. The van der Waals surface area contributed by atoms with Crippen molar-refractivity contribution in [2.45, 2.75) is 67.8 Å². The van der Waals surface area contributed by atoms with Gasteiger partial charge in [-0.1, -0.05) is 54.6 Å². The third-order valence-corrected chi connectivity index (χ3v) is 12.5. The molecule has 420 valence electrons. The summed E-state index contributed by atoms with van der Waals surface area (Å²) >= 11 is 0.771. The molecule has 21 nitrogen and oxygen atoms in total. The van der Waals surface area contributed by atoms with Crippen molar-refractivity contribution in [2.24, 2.45) is 0 Å². The Bertz CT molecular complexity index is 2400. The van der Waals surface area contributed by atoms with E-state index < -0.39 is 120 Å². The van der Waals surface area contributed by atoms with Crippen LogP contribution in [0.25, 0.3) is 11.1 Å². The summed E-state index contributed by atoms with van der Waals surface area (Å²) in [6.45, 7) is 1.07. The summed E-state index contributed by atoms with van der Waals surface area (Å²) in [4.78, 5) is 47.3. The van der Waals surface area contributed by atoms with E-state index in [0.29, 0.717) is 31.9 Å². The first-order chi connectivity index (χ1) is 36.5. The number of aromatic nitrogens is 2. The maximum absolute atomic E-state index is 13.6. The lowest BCUT2D eigenvalue weighted by molar-refractivity contribution is -0.203. The molecule has 4 aromatic rings. The zero-order valence-electron chi connectivity index (χ0n) is 41.0. The van der Waals surface area contributed by atoms with Gasteiger partial charge in [0.05, 0.1) is 123 Å². The minimum Gasteiger partial charge on any atom is -0.478 e. The van der Waals surface area contributed by atoms with Crippen LogP contribution >= 0.6 is 11.8 Å². The monoisotopic (exact) mass is 1100 g/mol. The Hall–Kier alpha value is -5.56. The number of carbonyl (C=O) groups excluding carboxylic acids is 3. The van der Waals surface area contributed by atoms with Gasteiger partial charge in [-0.2, -0.15) is 8.78 Å². The van der Waals surface area contributed by atoms with Gasteiger partial charge in [-0.3, -0.25) is 24.2 Å². The number of benzene rings is 3. The Morgan fingerprint density at radius 3 is 1.91 bits per heavy atom. The van der Waals surface area contributed by atoms with Gasteiger partial charge in [0.25, 0.3) is 0 Å². The lowest BCUT2D eigenvalue weighted by atomic mass is 9.89. The fraction of sp³-hybridized carbons (Fsp3) is 0.510. The number of hydrogen-bond acceptors (Lipinski definition) is 17. The molecule has 6 atom stereocenters. The van der Waals surface area contributed by atoms with Crippen LogP contribution in [0.5, 0.6) is 5.75 Å². The third kappa shape index (κ3) is 18.9. The minimum absolute atomic E-state index is 0.0359. The average Bonchev–Trinajstić information content (AvgIpc) is 3.42. The molecule has 0 bridgehead atoms. The number of carbonyl (C=O) groups is 4. The summed E-state index contributed by atoms with van der Waals surface area (Å²) in [5, 5.41) is 60.9. The normalized spacial score (nSPS) is 18.3. The second-order valence-electron chi connectivity index (χ2n) is 16.8. The molecule has 3 aromatic carbocycles. The smallest absolute Gasteiger partial charge is 0.346 e. The third-order valence-electron chi connectivity index (χ3n) is 11.3. The topological polar surface area (TPSA) is 288 Å². The van der Waals surface area contributed by atoms with E-state index in [1.807, 2.05) is 48.7 Å². The molecule has 2 amide bonds. The van der Waals surface area contributed by atoms with Crippen molar-refractivity contribution in [3.05, 3.63) is 101 Å². The zero-order valence-corrected chi connectivity index (χ0v) is 41.8. The standard InChI is InChI=1S/C49H61F5N4O17S/c50-39-40(51)42(53)46(43(54)41(39)52)74-38(64)10-12-68-14-16-70-18-19-71-17-15-69-13-11-58-27-33(57-58)29-73-21-20-72-22-23-76-49(48(66)67)25-34(60)44(56-37(63)28-59)47(75-49)45(65)35(61)26-55-36(62)24-30-6-8-32(9-7-30)31-4-2-1-3-5-31/h1-9,27,34-35,44-45,47,57,59-61,65H,10-26,28-29H2,(H,55,62)(H,56,63)(H,66,67)/t34-,35+,44+,45+,47+,49-/m0/s1. The van der Waals surface area contributed by atoms with Crippen molar-refractivity contribution in [1.29, 1.82) is 0 Å². The number of esters is 1. The van der Waals surface area contributed by atoms with Crippen LogP contribution in [0, 0.1) is 29.1 Å². The SMILES string of the molecule is O=C(Cc1ccc(-c2ccccc2)cc1)NC[C@@H](O)[C@@H](O)[C@@H]1O[C@@](SCCOCCOCc2cn(CCOCCOCCOCCOCCC(=O)Oc3c(F)c(F)c(F)c(F)c3F)[nH]2)(C(=O)O)C[C@H](O)[C@H]1NC(=O)CO. The van der Waals surface area contributed by atoms with E-state index in [0.717, 1.165) is 28.6 Å². The van der Waals surface area contributed by atoms with Crippen molar-refractivity contribution >= 4 is 35.5 Å². The lowest BCUT2D eigenvalue weighted by Gasteiger charge is -2.46. The predicted molar refractivity (Wildman–Crippen MR) is 257 cm³/mol. The van der Waals surface area contributed by atoms with Gasteiger partial charge in [0.2, 0.25) is 51.6 Å². The van der Waals surface area contributed by atoms with Crippen LogP contribution in [0.2, 0.25) is 0 Å². The molecule has 0 unspecified atom stereocenters. The number of hydrogen-bond donors (Lipinski definition) is 8. The molecule has 0 saturated carbocycles. The van der Waals surface area contributed by atoms with Gasteiger partial charge >= 0.3 is 11.9 Å². The van der Waals surface area contributed by atoms with E-state index in [1.54, 1.807) is 16.8 Å². The first-order valence-corrected chi connectivity index (χ1v) is 24.8. The molecule has 8 N–H and O–H groups in total. The van der Waals surface area contributed by atoms with Gasteiger partial charge in [-0.05, 0) is 16.7 Å². The first kappa shape index (κ1) is 61.3. The van der Waals surface area contributed by atoms with Crippen molar-refractivity contribution in [3.8, 4) is 16.9 Å². The molecule has 76 heavy (non-hydrogen) atoms. The van der Waals surface area contributed by atoms with E-state index in [2.05, 4.69) is 20.5 Å². The van der Waals surface area contributed by atoms with Gasteiger partial charge in [0.15, 0.2) is 0 Å². The van der Waals surface area contributed by atoms with Crippen molar-refractivity contribution in [1.82, 2.24) is 20.4 Å². The number of thioether (sulfide) groups is 1. The number of halogens is 5. The molecule has 0 radical (unpaired) electrons. The number of carboxylic acids is 1. The van der Waals surface area contributed by atoms with Gasteiger partial charge < -0.3 is 74.1 Å². The predicted octanol–water partition coefficient (Wildman–Crippen LogP) is 2.00. The summed E-state index contributed by atoms with van der Waals surface area (Å²) < 4.78 is 112. The number of carboxylic acid groups (broad SMARTS) is 1. The van der Waals surface area contributed by atoms with E-state index >= 15 is 0 Å². The fourth-order valence-electron chi connectivity index (χ4n) is 7.34. The van der Waals surface area contributed by atoms with Crippen molar-refractivity contribution in [2.75, 3.05) is 91.6 Å². The fourth-order valence-corrected chi connectivity index (χ4v) is 8.47. The Morgan fingerprint density at radius 1 is 0.750 bits per heavy atom. The van der Waals surface area contributed by atoms with E-state index in [1.165, 1.54) is 0 Å². The van der Waals surface area contributed by atoms with E-state index in [4.69, 9.17) is 33.2 Å². The largest absolute Gasteiger partial charge is 0.478 e. The van der Waals surface area contributed by atoms with Gasteiger partial charge in [0, 0.05) is 24.9 Å². The molecule has 1 aromatic heterocycles. The Morgan fingerprint density at radius 2 is 1.30 bits per heavy atom. The number of aliphatic carboxylic acids is 1. The number of ether oxygens (including phenoxy) is 8. The van der Waals surface area contributed by atoms with Crippen LogP contribution in [-0.2, 0) is 71.9 Å². The number of aromatic amines is 1. The number of nitrogens with one attached hydrogen (secondary N) is 3. The van der Waals surface area contributed by atoms with Crippen LogP contribution in [0.4, 0.5) is 22.0 Å². The minimum atomic E-state index is -2.37. The summed E-state index contributed by atoms with van der Waals surface area (Å²) in [6.07, 6.45) is -6.24. The average molecular weight is 1110 g/mol. The number of aliphatic hydroxyl groups excluding tert-OH is 4. The molecule has 1 aliphatic heterocycles. The Labute approximate surface area is 436 Å². The molecule has 0 aliphatic carbocycles. The first-order valence-electron chi connectivity index (χ1n) is 23.9. The maximum atomic E-state index is 13.6. The van der Waals surface area contributed by atoms with Gasteiger partial charge in [-0.25, -0.2) is 18.0 Å². The maximum Gasteiger partial charge on any atom is 0.346 e. The van der Waals surface area contributed by atoms with Crippen LogP contribution < -0.4 is 15.4 Å². The molecule has 1 aliphatic rings. The Kier molecular flexibility index (Phi) is 25.5. The zero-order chi connectivity index (χ0) is 55.0. The number of amides is 2. The number of H-pyrrole nitrogens is 1. The summed E-state index contributed by atoms with van der Waals surface area (Å²) in [5.74, 6) is -17.2. The van der Waals surface area contributed by atoms with Crippen LogP contribution in [-0.4, -0.2) is 186 Å². The van der Waals surface area contributed by atoms with Crippen molar-refractivity contribution < 1.29 is 105 Å². The molecule has 1 fully saturated rings. The van der Waals surface area contributed by atoms with Crippen LogP contribution in [0.3, 0.4) is 0 Å². The molecule has 27 heteroatoms. The second kappa shape index (κ2) is 31.6. The number of aliphatic hydroxyl groups is 4. The highest BCUT2D eigenvalue weighted by atomic mass is 32.2. The highest BCUT2D eigenvalue weighted by molar-refractivity contribution is 8.01. The highest BCUT2D eigenvalue weighted by Gasteiger charge is 2.55. The van der Waals surface area contributed by atoms with Crippen molar-refractivity contribution in [3.63, 3.8) is 0 Å². The van der Waals surface area contributed by atoms with Gasteiger partial charge in [0.1, 0.15) is 18.8 Å². The Balaban J connectivity index is 0.884. The second-order valence-corrected chi connectivity index (χ2v) is 18.2. The molecular weight excluding hydrogens is 1040 g/mol. The molecule has 2 heterocycles. The lowest BCUT2D eigenvalue weighted by Crippen LogP contribution is -2.67. The summed E-state index contributed by atoms with van der Waals surface area (Å²) in [6, 6.07) is 15.5. The van der Waals surface area contributed by atoms with Crippen LogP contribution in [0.15, 0.2) is 60.8 Å². The van der Waals surface area contributed by atoms with Crippen LogP contribution in [0.1, 0.15) is 24.1 Å². The molecular formula is C49H61F5N4O17S. The summed E-state index contributed by atoms with van der Waals surface area (Å²) in [5.41, 5.74) is 3.45. The number of nitrogens with zero attached hydrogens (tertiary/aromatic N) is 1. The van der Waals surface area contributed by atoms with E-state index in [-0.39, 0.29) is 71.6 Å². The van der Waals surface area contributed by atoms with Gasteiger partial charge in [-0.15, -0.1) is 11.8 Å². The number of rotatable bonds is 35. The highest BCUT2D eigenvalue weighted by Crippen LogP contribution is 2.40. The molecule has 5 rings (SSSR count). The quantitative estimate of drug-likeness (QED) is 0.00817. The summed E-state index contributed by atoms with van der Waals surface area (Å²) in [7, 11) is 0.